The summed E-state index contributed by atoms with van der Waals surface area (Å²) in [5.74, 6) is 1.08. The summed E-state index contributed by atoms with van der Waals surface area (Å²) in [4.78, 5) is 31.8. The smallest absolute Gasteiger partial charge is 0.341 e. The average Bonchev–Trinajstić information content (AvgIpc) is 3.21. The summed E-state index contributed by atoms with van der Waals surface area (Å²) < 4.78 is 11.2. The van der Waals surface area contributed by atoms with Crippen LogP contribution in [0.4, 0.5) is 10.7 Å². The lowest BCUT2D eigenvalue weighted by atomic mass is 9.88. The van der Waals surface area contributed by atoms with E-state index >= 15 is 0 Å². The maximum Gasteiger partial charge on any atom is 0.341 e. The summed E-state index contributed by atoms with van der Waals surface area (Å²) in [5, 5.41) is 3.73. The van der Waals surface area contributed by atoms with Gasteiger partial charge in [-0.25, -0.2) is 4.79 Å². The zero-order chi connectivity index (χ0) is 24.9. The molecule has 0 radical (unpaired) electrons. The SMILES string of the molecule is CCOC(=O)c1c(NC(=O)[C@@H](C)N2CCN(c3ccccc3OCC)CC2)sc2c1CC[C@@H](C)C2. The van der Waals surface area contributed by atoms with Gasteiger partial charge in [0, 0.05) is 31.1 Å². The van der Waals surface area contributed by atoms with Crippen LogP contribution in [0.25, 0.3) is 0 Å². The summed E-state index contributed by atoms with van der Waals surface area (Å²) >= 11 is 1.54. The Morgan fingerprint density at radius 1 is 1.14 bits per heavy atom. The van der Waals surface area contributed by atoms with E-state index in [2.05, 4.69) is 28.1 Å². The van der Waals surface area contributed by atoms with Crippen molar-refractivity contribution in [2.75, 3.05) is 49.6 Å². The highest BCUT2D eigenvalue weighted by atomic mass is 32.1. The van der Waals surface area contributed by atoms with Crippen molar-refractivity contribution >= 4 is 33.9 Å². The molecule has 2 aromatic rings. The second kappa shape index (κ2) is 11.4. The number of hydrogen-bond donors (Lipinski definition) is 1. The van der Waals surface area contributed by atoms with Gasteiger partial charge in [0.15, 0.2) is 0 Å². The highest BCUT2D eigenvalue weighted by molar-refractivity contribution is 7.17. The van der Waals surface area contributed by atoms with E-state index in [-0.39, 0.29) is 17.9 Å². The number of nitrogens with one attached hydrogen (secondary N) is 1. The minimum Gasteiger partial charge on any atom is -0.492 e. The fourth-order valence-corrected chi connectivity index (χ4v) is 6.39. The predicted octanol–water partition coefficient (Wildman–Crippen LogP) is 4.60. The monoisotopic (exact) mass is 499 g/mol. The van der Waals surface area contributed by atoms with E-state index in [1.165, 1.54) is 4.88 Å². The molecule has 1 aromatic heterocycles. The number of nitrogens with zero attached hydrogens (tertiary/aromatic N) is 2. The Kier molecular flexibility index (Phi) is 8.34. The van der Waals surface area contributed by atoms with Crippen LogP contribution in [-0.4, -0.2) is 62.2 Å². The number of carbonyl (C=O) groups excluding carboxylic acids is 2. The number of thiophene rings is 1. The van der Waals surface area contributed by atoms with Gasteiger partial charge in [-0.05, 0) is 63.6 Å². The first-order valence-corrected chi connectivity index (χ1v) is 13.6. The first-order valence-electron chi connectivity index (χ1n) is 12.8. The van der Waals surface area contributed by atoms with Crippen molar-refractivity contribution in [3.63, 3.8) is 0 Å². The van der Waals surface area contributed by atoms with Crippen molar-refractivity contribution in [1.29, 1.82) is 0 Å². The van der Waals surface area contributed by atoms with E-state index in [0.717, 1.165) is 62.4 Å². The molecular formula is C27H37N3O4S. The number of anilines is 2. The third-order valence-corrected chi connectivity index (χ3v) is 8.14. The summed E-state index contributed by atoms with van der Waals surface area (Å²) in [5.41, 5.74) is 2.73. The number of amides is 1. The summed E-state index contributed by atoms with van der Waals surface area (Å²) in [6.45, 7) is 12.1. The first kappa shape index (κ1) is 25.5. The fourth-order valence-electron chi connectivity index (χ4n) is 4.99. The zero-order valence-corrected chi connectivity index (χ0v) is 22.1. The van der Waals surface area contributed by atoms with Crippen LogP contribution >= 0.6 is 11.3 Å². The molecule has 35 heavy (non-hydrogen) atoms. The van der Waals surface area contributed by atoms with Crippen molar-refractivity contribution in [3.8, 4) is 5.75 Å². The van der Waals surface area contributed by atoms with Gasteiger partial charge in [0.1, 0.15) is 10.8 Å². The van der Waals surface area contributed by atoms with Crippen LogP contribution in [0.15, 0.2) is 24.3 Å². The van der Waals surface area contributed by atoms with Crippen LogP contribution < -0.4 is 15.0 Å². The van der Waals surface area contributed by atoms with Crippen molar-refractivity contribution in [1.82, 2.24) is 4.90 Å². The van der Waals surface area contributed by atoms with Gasteiger partial charge >= 0.3 is 5.97 Å². The number of esters is 1. The van der Waals surface area contributed by atoms with E-state index in [1.807, 2.05) is 39.0 Å². The van der Waals surface area contributed by atoms with Crippen LogP contribution in [0.2, 0.25) is 0 Å². The Morgan fingerprint density at radius 3 is 2.60 bits per heavy atom. The van der Waals surface area contributed by atoms with E-state index in [0.29, 0.717) is 29.7 Å². The van der Waals surface area contributed by atoms with Gasteiger partial charge in [-0.15, -0.1) is 11.3 Å². The van der Waals surface area contributed by atoms with Gasteiger partial charge in [0.25, 0.3) is 0 Å². The number of piperazine rings is 1. The Bertz CT molecular complexity index is 1050. The number of ether oxygens (including phenoxy) is 2. The molecule has 1 N–H and O–H groups in total. The maximum absolute atomic E-state index is 13.3. The standard InChI is InChI=1S/C27H37N3O4S/c1-5-33-22-10-8-7-9-21(22)30-15-13-29(14-16-30)19(4)25(31)28-26-24(27(32)34-6-2)20-12-11-18(3)17-23(20)35-26/h7-10,18-19H,5-6,11-17H2,1-4H3,(H,28,31)/t18-,19-/m1/s1. The minimum atomic E-state index is -0.330. The van der Waals surface area contributed by atoms with Crippen LogP contribution in [0.1, 0.15) is 54.9 Å². The molecular weight excluding hydrogens is 462 g/mol. The molecule has 4 rings (SSSR count). The van der Waals surface area contributed by atoms with Crippen molar-refractivity contribution < 1.29 is 19.1 Å². The van der Waals surface area contributed by atoms with E-state index < -0.39 is 0 Å². The summed E-state index contributed by atoms with van der Waals surface area (Å²) in [6.07, 6.45) is 2.86. The van der Waals surface area contributed by atoms with Crippen molar-refractivity contribution in [2.45, 2.75) is 53.0 Å². The van der Waals surface area contributed by atoms with E-state index in [1.54, 1.807) is 11.3 Å². The molecule has 8 heteroatoms. The quantitative estimate of drug-likeness (QED) is 0.536. The molecule has 0 bridgehead atoms. The van der Waals surface area contributed by atoms with Gasteiger partial charge in [0.2, 0.25) is 5.91 Å². The fraction of sp³-hybridized carbons (Fsp3) is 0.556. The molecule has 0 unspecified atom stereocenters. The molecule has 2 aliphatic rings. The Balaban J connectivity index is 1.43. The third kappa shape index (κ3) is 5.64. The van der Waals surface area contributed by atoms with Crippen molar-refractivity contribution in [3.05, 3.63) is 40.3 Å². The number of benzene rings is 1. The lowest BCUT2D eigenvalue weighted by molar-refractivity contribution is -0.120. The normalized spacial score (nSPS) is 19.1. The Labute approximate surface area is 212 Å². The number of fused-ring (bicyclic) bond motifs is 1. The molecule has 1 saturated heterocycles. The predicted molar refractivity (Wildman–Crippen MR) is 141 cm³/mol. The lowest BCUT2D eigenvalue weighted by Gasteiger charge is -2.39. The lowest BCUT2D eigenvalue weighted by Crippen LogP contribution is -2.52. The maximum atomic E-state index is 13.3. The number of para-hydroxylation sites is 2. The molecule has 1 aliphatic heterocycles. The van der Waals surface area contributed by atoms with Gasteiger partial charge < -0.3 is 19.7 Å². The molecule has 0 saturated carbocycles. The van der Waals surface area contributed by atoms with Gasteiger partial charge in [-0.3, -0.25) is 9.69 Å². The highest BCUT2D eigenvalue weighted by Gasteiger charge is 2.31. The molecule has 1 amide bonds. The largest absolute Gasteiger partial charge is 0.492 e. The Morgan fingerprint density at radius 2 is 1.89 bits per heavy atom. The van der Waals surface area contributed by atoms with Crippen LogP contribution in [-0.2, 0) is 22.4 Å². The topological polar surface area (TPSA) is 71.1 Å². The van der Waals surface area contributed by atoms with E-state index in [9.17, 15) is 9.59 Å². The number of hydrogen-bond acceptors (Lipinski definition) is 7. The molecule has 2 heterocycles. The van der Waals surface area contributed by atoms with Gasteiger partial charge in [0.05, 0.1) is 30.5 Å². The van der Waals surface area contributed by atoms with Gasteiger partial charge in [-0.2, -0.15) is 0 Å². The molecule has 7 nitrogen and oxygen atoms in total. The summed E-state index contributed by atoms with van der Waals surface area (Å²) in [6, 6.07) is 7.82. The molecule has 0 spiro atoms. The molecule has 1 aromatic carbocycles. The number of rotatable bonds is 8. The second-order valence-electron chi connectivity index (χ2n) is 9.37. The summed E-state index contributed by atoms with van der Waals surface area (Å²) in [7, 11) is 0. The second-order valence-corrected chi connectivity index (χ2v) is 10.5. The molecule has 2 atom stereocenters. The highest BCUT2D eigenvalue weighted by Crippen LogP contribution is 2.40. The van der Waals surface area contributed by atoms with Crippen LogP contribution in [0.5, 0.6) is 5.75 Å². The van der Waals surface area contributed by atoms with E-state index in [4.69, 9.17) is 9.47 Å². The van der Waals surface area contributed by atoms with Gasteiger partial charge in [-0.1, -0.05) is 19.1 Å². The molecule has 1 fully saturated rings. The Hall–Kier alpha value is -2.58. The average molecular weight is 500 g/mol. The number of carbonyl (C=O) groups is 2. The van der Waals surface area contributed by atoms with Crippen LogP contribution in [0.3, 0.4) is 0 Å². The minimum absolute atomic E-state index is 0.0784. The molecule has 190 valence electrons. The third-order valence-electron chi connectivity index (χ3n) is 6.98. The first-order chi connectivity index (χ1) is 16.9. The van der Waals surface area contributed by atoms with Crippen molar-refractivity contribution in [2.24, 2.45) is 5.92 Å². The zero-order valence-electron chi connectivity index (χ0n) is 21.3. The molecule has 1 aliphatic carbocycles. The van der Waals surface area contributed by atoms with Crippen LogP contribution in [0, 0.1) is 5.92 Å².